The minimum atomic E-state index is -0.883. The van der Waals surface area contributed by atoms with Crippen molar-refractivity contribution in [1.82, 2.24) is 25.4 Å². The lowest BCUT2D eigenvalue weighted by atomic mass is 9.89. The number of carbonyl (C=O) groups is 4. The van der Waals surface area contributed by atoms with Crippen molar-refractivity contribution in [3.8, 4) is 11.1 Å². The standard InChI is InChI=1S/C50H65N5O7S/c1-9-32(4)45(54(6)49(58)44(31(2)3)53-50(59)62-30-39-37-22-15-13-20-35(37)36-21-14-16-23-38(36)39)42(60-7)29-43(56)55-26-17-24-41(55)46(61-8)33(5)47(57)52-40(48-51-25-27-63-48)28-34-18-11-10-12-19-34/h10-16,18-23,25,27,31-33,39-42,44-46H,9,17,24,26,28-30H2,1-8H3,(H,52,57)(H,53,59)/t32-,33+,40-,41-,42+,44-,45-,46+/m0/s1. The van der Waals surface area contributed by atoms with E-state index >= 15 is 0 Å². The number of rotatable bonds is 20. The molecule has 2 N–H and O–H groups in total. The SMILES string of the molecule is CC[C@H](C)[C@@H]([C@@H](CC(=O)N1CCC[C@H]1[C@H](OC)[C@@H](C)C(=O)N[C@@H](Cc1ccccc1)c1nccs1)OC)N(C)C(=O)[C@@H](NC(=O)OCC1c2ccccc2-c2ccccc21)C(C)C. The van der Waals surface area contributed by atoms with Crippen molar-refractivity contribution >= 4 is 35.2 Å². The van der Waals surface area contributed by atoms with Crippen LogP contribution in [0.5, 0.6) is 0 Å². The molecular formula is C50H65N5O7S. The highest BCUT2D eigenvalue weighted by molar-refractivity contribution is 7.09. The number of benzene rings is 3. The van der Waals surface area contributed by atoms with Gasteiger partial charge in [-0.25, -0.2) is 9.78 Å². The number of fused-ring (bicyclic) bond motifs is 3. The Kier molecular flexibility index (Phi) is 16.5. The monoisotopic (exact) mass is 879 g/mol. The van der Waals surface area contributed by atoms with Crippen molar-refractivity contribution in [3.05, 3.63) is 112 Å². The van der Waals surface area contributed by atoms with E-state index in [0.717, 1.165) is 45.7 Å². The van der Waals surface area contributed by atoms with E-state index in [1.54, 1.807) is 32.4 Å². The van der Waals surface area contributed by atoms with Gasteiger partial charge in [0.2, 0.25) is 17.7 Å². The highest BCUT2D eigenvalue weighted by Gasteiger charge is 2.43. The summed E-state index contributed by atoms with van der Waals surface area (Å²) in [5.74, 6) is -1.59. The van der Waals surface area contributed by atoms with Crippen LogP contribution in [0.1, 0.15) is 94.0 Å². The molecular weight excluding hydrogens is 815 g/mol. The molecule has 13 heteroatoms. The molecule has 12 nitrogen and oxygen atoms in total. The van der Waals surface area contributed by atoms with Gasteiger partial charge >= 0.3 is 6.09 Å². The van der Waals surface area contributed by atoms with Crippen molar-refractivity contribution in [3.63, 3.8) is 0 Å². The average molecular weight is 880 g/mol. The number of thiazole rings is 1. The summed E-state index contributed by atoms with van der Waals surface area (Å²) >= 11 is 1.50. The molecule has 0 saturated carbocycles. The highest BCUT2D eigenvalue weighted by Crippen LogP contribution is 2.44. The lowest BCUT2D eigenvalue weighted by molar-refractivity contribution is -0.147. The van der Waals surface area contributed by atoms with Gasteiger partial charge in [-0.3, -0.25) is 14.4 Å². The van der Waals surface area contributed by atoms with Gasteiger partial charge in [-0.1, -0.05) is 120 Å². The van der Waals surface area contributed by atoms with Gasteiger partial charge in [0.05, 0.1) is 42.7 Å². The van der Waals surface area contributed by atoms with E-state index in [0.29, 0.717) is 19.4 Å². The van der Waals surface area contributed by atoms with Gasteiger partial charge in [-0.15, -0.1) is 11.3 Å². The number of nitrogens with zero attached hydrogens (tertiary/aromatic N) is 3. The Morgan fingerprint density at radius 1 is 0.889 bits per heavy atom. The number of carbonyl (C=O) groups excluding carboxylic acids is 4. The second-order valence-corrected chi connectivity index (χ2v) is 18.3. The summed E-state index contributed by atoms with van der Waals surface area (Å²) in [6.45, 7) is 10.4. The van der Waals surface area contributed by atoms with Crippen LogP contribution in [0.25, 0.3) is 11.1 Å². The van der Waals surface area contributed by atoms with E-state index < -0.39 is 36.3 Å². The van der Waals surface area contributed by atoms with Crippen LogP contribution in [0.2, 0.25) is 0 Å². The topological polar surface area (TPSA) is 139 Å². The van der Waals surface area contributed by atoms with Crippen LogP contribution in [0.4, 0.5) is 4.79 Å². The van der Waals surface area contributed by atoms with Crippen molar-refractivity contribution in [2.75, 3.05) is 34.4 Å². The quantitative estimate of drug-likeness (QED) is 0.0911. The largest absolute Gasteiger partial charge is 0.449 e. The maximum atomic E-state index is 14.5. The Balaban J connectivity index is 1.11. The Bertz CT molecular complexity index is 2090. The Morgan fingerprint density at radius 3 is 2.13 bits per heavy atom. The molecule has 2 heterocycles. The van der Waals surface area contributed by atoms with Crippen LogP contribution in [0, 0.1) is 17.8 Å². The molecule has 338 valence electrons. The number of hydrogen-bond donors (Lipinski definition) is 2. The van der Waals surface area contributed by atoms with Crippen LogP contribution in [0.15, 0.2) is 90.4 Å². The van der Waals surface area contributed by atoms with Crippen LogP contribution >= 0.6 is 11.3 Å². The number of alkyl carbamates (subject to hydrolysis) is 1. The fourth-order valence-corrected chi connectivity index (χ4v) is 10.3. The minimum absolute atomic E-state index is 0.0198. The van der Waals surface area contributed by atoms with Gasteiger partial charge in [0.15, 0.2) is 0 Å². The van der Waals surface area contributed by atoms with Crippen molar-refractivity contribution in [2.24, 2.45) is 17.8 Å². The Hall–Kier alpha value is -5.11. The molecule has 1 saturated heterocycles. The lowest BCUT2D eigenvalue weighted by Crippen LogP contribution is -2.58. The molecule has 0 radical (unpaired) electrons. The number of likely N-dealkylation sites (tertiary alicyclic amines) is 1. The maximum absolute atomic E-state index is 14.5. The van der Waals surface area contributed by atoms with Crippen molar-refractivity contribution in [1.29, 1.82) is 0 Å². The number of nitrogens with one attached hydrogen (secondary N) is 2. The van der Waals surface area contributed by atoms with E-state index in [9.17, 15) is 19.2 Å². The van der Waals surface area contributed by atoms with Gasteiger partial charge in [0.25, 0.3) is 0 Å². The summed E-state index contributed by atoms with van der Waals surface area (Å²) in [7, 11) is 4.89. The van der Waals surface area contributed by atoms with E-state index in [4.69, 9.17) is 14.2 Å². The number of amides is 4. The van der Waals surface area contributed by atoms with Crippen LogP contribution in [-0.2, 0) is 35.0 Å². The zero-order valence-electron chi connectivity index (χ0n) is 38.0. The van der Waals surface area contributed by atoms with E-state index in [2.05, 4.69) is 39.9 Å². The number of hydrogen-bond acceptors (Lipinski definition) is 9. The summed E-state index contributed by atoms with van der Waals surface area (Å²) in [6.07, 6.45) is 2.65. The molecule has 1 fully saturated rings. The molecule has 1 aromatic heterocycles. The first kappa shape index (κ1) is 47.4. The van der Waals surface area contributed by atoms with E-state index in [1.165, 1.54) is 11.3 Å². The number of aromatic nitrogens is 1. The second-order valence-electron chi connectivity index (χ2n) is 17.4. The summed E-state index contributed by atoms with van der Waals surface area (Å²) in [6, 6.07) is 24.3. The third kappa shape index (κ3) is 11.0. The summed E-state index contributed by atoms with van der Waals surface area (Å²) < 4.78 is 18.0. The normalized spacial score (nSPS) is 18.0. The van der Waals surface area contributed by atoms with Gasteiger partial charge in [0, 0.05) is 45.3 Å². The first-order chi connectivity index (χ1) is 30.4. The summed E-state index contributed by atoms with van der Waals surface area (Å²) in [5.41, 5.74) is 5.56. The molecule has 0 unspecified atom stereocenters. The predicted octanol–water partition coefficient (Wildman–Crippen LogP) is 8.03. The van der Waals surface area contributed by atoms with Gasteiger partial charge in [0.1, 0.15) is 17.7 Å². The average Bonchev–Trinajstić information content (AvgIpc) is 4.08. The van der Waals surface area contributed by atoms with Crippen LogP contribution in [-0.4, -0.2) is 103 Å². The summed E-state index contributed by atoms with van der Waals surface area (Å²) in [4.78, 5) is 64.3. The molecule has 1 aliphatic heterocycles. The first-order valence-corrected chi connectivity index (χ1v) is 23.2. The van der Waals surface area contributed by atoms with Crippen molar-refractivity contribution in [2.45, 2.75) is 109 Å². The second kappa shape index (κ2) is 22.0. The number of methoxy groups -OCH3 is 2. The zero-order chi connectivity index (χ0) is 45.2. The smallest absolute Gasteiger partial charge is 0.407 e. The van der Waals surface area contributed by atoms with Crippen LogP contribution in [0.3, 0.4) is 0 Å². The third-order valence-electron chi connectivity index (χ3n) is 13.2. The minimum Gasteiger partial charge on any atom is -0.449 e. The first-order valence-electron chi connectivity index (χ1n) is 22.3. The highest BCUT2D eigenvalue weighted by atomic mass is 32.1. The fraction of sp³-hybridized carbons (Fsp3) is 0.500. The van der Waals surface area contributed by atoms with Gasteiger partial charge in [-0.05, 0) is 58.9 Å². The molecule has 3 aromatic carbocycles. The lowest BCUT2D eigenvalue weighted by Gasteiger charge is -2.40. The molecule has 8 atom stereocenters. The molecule has 4 aromatic rings. The summed E-state index contributed by atoms with van der Waals surface area (Å²) in [5, 5.41) is 8.85. The predicted molar refractivity (Wildman–Crippen MR) is 246 cm³/mol. The van der Waals surface area contributed by atoms with Gasteiger partial charge in [-0.2, -0.15) is 0 Å². The van der Waals surface area contributed by atoms with Gasteiger partial charge < -0.3 is 34.6 Å². The Labute approximate surface area is 377 Å². The maximum Gasteiger partial charge on any atom is 0.407 e. The third-order valence-corrected chi connectivity index (χ3v) is 14.0. The number of likely N-dealkylation sites (N-methyl/N-ethyl adjacent to an activating group) is 1. The molecule has 2 aliphatic rings. The number of ether oxygens (including phenoxy) is 3. The van der Waals surface area contributed by atoms with Crippen LogP contribution < -0.4 is 10.6 Å². The van der Waals surface area contributed by atoms with E-state index in [1.807, 2.05) is 99.5 Å². The fourth-order valence-electron chi connectivity index (χ4n) is 9.57. The molecule has 63 heavy (non-hydrogen) atoms. The molecule has 6 rings (SSSR count). The zero-order valence-corrected chi connectivity index (χ0v) is 38.8. The van der Waals surface area contributed by atoms with Crippen molar-refractivity contribution < 1.29 is 33.4 Å². The molecule has 4 amide bonds. The molecule has 1 aliphatic carbocycles. The molecule has 0 bridgehead atoms. The molecule has 0 spiro atoms. The Morgan fingerprint density at radius 2 is 1.54 bits per heavy atom. The van der Waals surface area contributed by atoms with E-state index in [-0.39, 0.29) is 60.6 Å².